The van der Waals surface area contributed by atoms with Gasteiger partial charge in [-0.3, -0.25) is 4.79 Å². The van der Waals surface area contributed by atoms with Gasteiger partial charge < -0.3 is 10.2 Å². The van der Waals surface area contributed by atoms with Gasteiger partial charge in [0.2, 0.25) is 0 Å². The van der Waals surface area contributed by atoms with Crippen LogP contribution in [0.3, 0.4) is 0 Å². The van der Waals surface area contributed by atoms with Gasteiger partial charge in [-0.15, -0.1) is 0 Å². The molecule has 0 saturated carbocycles. The number of nitrogens with one attached hydrogen (secondary N) is 1. The molecule has 0 spiro atoms. The summed E-state index contributed by atoms with van der Waals surface area (Å²) in [6.07, 6.45) is 0. The Morgan fingerprint density at radius 2 is 2.18 bits per heavy atom. The molecular formula is C12H16BrFN2O. The molecule has 1 atom stereocenters. The van der Waals surface area contributed by atoms with E-state index in [4.69, 9.17) is 0 Å². The van der Waals surface area contributed by atoms with Crippen molar-refractivity contribution < 1.29 is 9.18 Å². The molecule has 0 aliphatic rings. The highest BCUT2D eigenvalue weighted by molar-refractivity contribution is 9.10. The minimum atomic E-state index is -0.520. The number of nitrogens with zero attached hydrogens (tertiary/aromatic N) is 1. The van der Waals surface area contributed by atoms with Gasteiger partial charge in [-0.05, 0) is 49.1 Å². The SMILES string of the molecule is CC(CN(C)C)NC(=O)c1c(F)cccc1Br. The van der Waals surface area contributed by atoms with E-state index in [-0.39, 0.29) is 11.6 Å². The van der Waals surface area contributed by atoms with Crippen molar-refractivity contribution >= 4 is 21.8 Å². The fraction of sp³-hybridized carbons (Fsp3) is 0.417. The molecule has 0 aliphatic carbocycles. The summed E-state index contributed by atoms with van der Waals surface area (Å²) < 4.78 is 14.0. The molecule has 0 saturated heterocycles. The number of hydrogen-bond acceptors (Lipinski definition) is 2. The molecule has 94 valence electrons. The third-order valence-electron chi connectivity index (χ3n) is 2.21. The molecular weight excluding hydrogens is 287 g/mol. The summed E-state index contributed by atoms with van der Waals surface area (Å²) in [5.41, 5.74) is 0.0538. The Morgan fingerprint density at radius 3 is 2.71 bits per heavy atom. The number of benzene rings is 1. The third kappa shape index (κ3) is 4.09. The summed E-state index contributed by atoms with van der Waals surface area (Å²) in [6.45, 7) is 2.59. The van der Waals surface area contributed by atoms with Crippen molar-refractivity contribution in [3.63, 3.8) is 0 Å². The first kappa shape index (κ1) is 14.1. The molecule has 17 heavy (non-hydrogen) atoms. The molecule has 0 aliphatic heterocycles. The normalized spacial score (nSPS) is 12.6. The van der Waals surface area contributed by atoms with Gasteiger partial charge in [0.25, 0.3) is 5.91 Å². The quantitative estimate of drug-likeness (QED) is 0.925. The lowest BCUT2D eigenvalue weighted by molar-refractivity contribution is 0.0929. The van der Waals surface area contributed by atoms with Crippen LogP contribution in [-0.4, -0.2) is 37.5 Å². The number of halogens is 2. The van der Waals surface area contributed by atoms with E-state index >= 15 is 0 Å². The van der Waals surface area contributed by atoms with Crippen LogP contribution < -0.4 is 5.32 Å². The van der Waals surface area contributed by atoms with Crippen molar-refractivity contribution in [2.45, 2.75) is 13.0 Å². The monoisotopic (exact) mass is 302 g/mol. The molecule has 1 aromatic carbocycles. The van der Waals surface area contributed by atoms with Crippen LogP contribution >= 0.6 is 15.9 Å². The molecule has 0 aromatic heterocycles. The second kappa shape index (κ2) is 6.12. The molecule has 1 amide bonds. The smallest absolute Gasteiger partial charge is 0.255 e. The number of hydrogen-bond donors (Lipinski definition) is 1. The van der Waals surface area contributed by atoms with Crippen LogP contribution in [0.5, 0.6) is 0 Å². The van der Waals surface area contributed by atoms with Crippen molar-refractivity contribution in [2.75, 3.05) is 20.6 Å². The zero-order valence-corrected chi connectivity index (χ0v) is 11.7. The molecule has 1 aromatic rings. The summed E-state index contributed by atoms with van der Waals surface area (Å²) in [5.74, 6) is -0.918. The van der Waals surface area contributed by atoms with Crippen molar-refractivity contribution in [3.05, 3.63) is 34.1 Å². The molecule has 0 heterocycles. The Bertz CT molecular complexity index is 389. The molecule has 5 heteroatoms. The summed E-state index contributed by atoms with van der Waals surface area (Å²) in [4.78, 5) is 13.8. The van der Waals surface area contributed by atoms with E-state index in [0.29, 0.717) is 11.0 Å². The zero-order valence-electron chi connectivity index (χ0n) is 10.1. The topological polar surface area (TPSA) is 32.3 Å². The summed E-state index contributed by atoms with van der Waals surface area (Å²) in [7, 11) is 3.84. The van der Waals surface area contributed by atoms with Gasteiger partial charge in [0.1, 0.15) is 5.82 Å². The van der Waals surface area contributed by atoms with Crippen LogP contribution in [0, 0.1) is 5.82 Å². The van der Waals surface area contributed by atoms with Gasteiger partial charge in [0.05, 0.1) is 5.56 Å². The van der Waals surface area contributed by atoms with Crippen molar-refractivity contribution in [3.8, 4) is 0 Å². The largest absolute Gasteiger partial charge is 0.348 e. The van der Waals surface area contributed by atoms with E-state index < -0.39 is 11.7 Å². The molecule has 0 bridgehead atoms. The average Bonchev–Trinajstić information content (AvgIpc) is 2.15. The van der Waals surface area contributed by atoms with Gasteiger partial charge in [-0.25, -0.2) is 4.39 Å². The second-order valence-electron chi connectivity index (χ2n) is 4.23. The standard InChI is InChI=1S/C12H16BrFN2O/c1-8(7-16(2)3)15-12(17)11-9(13)5-4-6-10(11)14/h4-6,8H,7H2,1-3H3,(H,15,17). The van der Waals surface area contributed by atoms with Gasteiger partial charge in [0, 0.05) is 17.1 Å². The van der Waals surface area contributed by atoms with Gasteiger partial charge >= 0.3 is 0 Å². The maximum atomic E-state index is 13.5. The highest BCUT2D eigenvalue weighted by Crippen LogP contribution is 2.19. The Kier molecular flexibility index (Phi) is 5.08. The number of carbonyl (C=O) groups excluding carboxylic acids is 1. The van der Waals surface area contributed by atoms with Crippen LogP contribution in [0.2, 0.25) is 0 Å². The van der Waals surface area contributed by atoms with E-state index in [9.17, 15) is 9.18 Å². The lowest BCUT2D eigenvalue weighted by Gasteiger charge is -2.18. The van der Waals surface area contributed by atoms with E-state index in [1.54, 1.807) is 12.1 Å². The number of likely N-dealkylation sites (N-methyl/N-ethyl adjacent to an activating group) is 1. The molecule has 1 unspecified atom stereocenters. The Labute approximate surface area is 109 Å². The van der Waals surface area contributed by atoms with Crippen molar-refractivity contribution in [1.29, 1.82) is 0 Å². The van der Waals surface area contributed by atoms with Gasteiger partial charge in [-0.1, -0.05) is 6.07 Å². The highest BCUT2D eigenvalue weighted by Gasteiger charge is 2.17. The predicted molar refractivity (Wildman–Crippen MR) is 69.6 cm³/mol. The van der Waals surface area contributed by atoms with Crippen LogP contribution in [0.25, 0.3) is 0 Å². The minimum absolute atomic E-state index is 0.0380. The Balaban J connectivity index is 2.77. The van der Waals surface area contributed by atoms with Crippen LogP contribution in [0.1, 0.15) is 17.3 Å². The average molecular weight is 303 g/mol. The number of carbonyl (C=O) groups is 1. The first-order valence-corrected chi connectivity index (χ1v) is 6.10. The Hall–Kier alpha value is -0.940. The third-order valence-corrected chi connectivity index (χ3v) is 2.87. The molecule has 0 radical (unpaired) electrons. The summed E-state index contributed by atoms with van der Waals surface area (Å²) in [6, 6.07) is 4.44. The molecule has 0 fully saturated rings. The predicted octanol–water partition coefficient (Wildman–Crippen LogP) is 2.27. The maximum Gasteiger partial charge on any atom is 0.255 e. The summed E-state index contributed by atoms with van der Waals surface area (Å²) in [5, 5.41) is 2.76. The summed E-state index contributed by atoms with van der Waals surface area (Å²) >= 11 is 3.18. The fourth-order valence-electron chi connectivity index (χ4n) is 1.60. The lowest BCUT2D eigenvalue weighted by Crippen LogP contribution is -2.40. The van der Waals surface area contributed by atoms with E-state index in [2.05, 4.69) is 21.2 Å². The van der Waals surface area contributed by atoms with E-state index in [1.165, 1.54) is 6.07 Å². The number of rotatable bonds is 4. The molecule has 1 rings (SSSR count). The molecule has 3 nitrogen and oxygen atoms in total. The lowest BCUT2D eigenvalue weighted by atomic mass is 10.2. The minimum Gasteiger partial charge on any atom is -0.348 e. The van der Waals surface area contributed by atoms with Crippen LogP contribution in [-0.2, 0) is 0 Å². The van der Waals surface area contributed by atoms with Crippen LogP contribution in [0.15, 0.2) is 22.7 Å². The Morgan fingerprint density at radius 1 is 1.53 bits per heavy atom. The van der Waals surface area contributed by atoms with Crippen LogP contribution in [0.4, 0.5) is 4.39 Å². The molecule has 1 N–H and O–H groups in total. The van der Waals surface area contributed by atoms with Gasteiger partial charge in [-0.2, -0.15) is 0 Å². The fourth-order valence-corrected chi connectivity index (χ4v) is 2.13. The second-order valence-corrected chi connectivity index (χ2v) is 5.09. The van der Waals surface area contributed by atoms with Crippen molar-refractivity contribution in [1.82, 2.24) is 10.2 Å². The first-order chi connectivity index (χ1) is 7.91. The van der Waals surface area contributed by atoms with E-state index in [1.807, 2.05) is 25.9 Å². The maximum absolute atomic E-state index is 13.5. The number of amides is 1. The van der Waals surface area contributed by atoms with Crippen molar-refractivity contribution in [2.24, 2.45) is 0 Å². The highest BCUT2D eigenvalue weighted by atomic mass is 79.9. The first-order valence-electron chi connectivity index (χ1n) is 5.31. The van der Waals surface area contributed by atoms with Gasteiger partial charge in [0.15, 0.2) is 0 Å². The van der Waals surface area contributed by atoms with E-state index in [0.717, 1.165) is 0 Å². The zero-order chi connectivity index (χ0) is 13.0.